The summed E-state index contributed by atoms with van der Waals surface area (Å²) in [6.07, 6.45) is 3.29. The van der Waals surface area contributed by atoms with Crippen LogP contribution in [0.4, 0.5) is 5.69 Å². The van der Waals surface area contributed by atoms with Gasteiger partial charge in [-0.1, -0.05) is 19.1 Å². The van der Waals surface area contributed by atoms with E-state index in [1.807, 2.05) is 19.2 Å². The minimum Gasteiger partial charge on any atom is -0.317 e. The van der Waals surface area contributed by atoms with Crippen LogP contribution in [0.5, 0.6) is 0 Å². The number of rotatable bonds is 8. The average Bonchev–Trinajstić information content (AvgIpc) is 2.39. The van der Waals surface area contributed by atoms with Crippen molar-refractivity contribution in [2.75, 3.05) is 12.8 Å². The molecule has 1 N–H and O–H groups in total. The van der Waals surface area contributed by atoms with Gasteiger partial charge in [-0.05, 0) is 38.1 Å². The van der Waals surface area contributed by atoms with Gasteiger partial charge in [0.1, 0.15) is 0 Å². The zero-order valence-electron chi connectivity index (χ0n) is 10.9. The second kappa shape index (κ2) is 8.11. The third-order valence-corrected chi connectivity index (χ3v) is 4.07. The molecule has 1 unspecified atom stereocenters. The molecule has 4 nitrogen and oxygen atoms in total. The van der Waals surface area contributed by atoms with Crippen LogP contribution in [0.15, 0.2) is 29.2 Å². The van der Waals surface area contributed by atoms with Crippen molar-refractivity contribution in [1.82, 2.24) is 5.32 Å². The standard InChI is InChI=1S/C13H20N2O2S/c1-3-11(14-2)7-6-10-18-13-9-5-4-8-12(13)15(16)17/h4-5,8-9,11,14H,3,6-7,10H2,1-2H3. The highest BCUT2D eigenvalue weighted by molar-refractivity contribution is 7.99. The number of hydrogen-bond acceptors (Lipinski definition) is 4. The minimum absolute atomic E-state index is 0.211. The third kappa shape index (κ3) is 4.66. The molecular weight excluding hydrogens is 248 g/mol. The molecule has 100 valence electrons. The summed E-state index contributed by atoms with van der Waals surface area (Å²) in [5.74, 6) is 0.920. The van der Waals surface area contributed by atoms with Crippen molar-refractivity contribution in [3.63, 3.8) is 0 Å². The summed E-state index contributed by atoms with van der Waals surface area (Å²) in [7, 11) is 1.98. The van der Waals surface area contributed by atoms with Gasteiger partial charge in [0, 0.05) is 12.1 Å². The fraction of sp³-hybridized carbons (Fsp3) is 0.538. The summed E-state index contributed by atoms with van der Waals surface area (Å²) >= 11 is 1.57. The predicted octanol–water partition coefficient (Wildman–Crippen LogP) is 3.47. The van der Waals surface area contributed by atoms with Gasteiger partial charge in [-0.2, -0.15) is 0 Å². The molecule has 0 radical (unpaired) electrons. The van der Waals surface area contributed by atoms with Crippen molar-refractivity contribution in [1.29, 1.82) is 0 Å². The van der Waals surface area contributed by atoms with Crippen LogP contribution in [0.3, 0.4) is 0 Å². The summed E-state index contributed by atoms with van der Waals surface area (Å²) in [5, 5.41) is 14.1. The van der Waals surface area contributed by atoms with Crippen LogP contribution in [0.25, 0.3) is 0 Å². The lowest BCUT2D eigenvalue weighted by Gasteiger charge is -2.12. The SMILES string of the molecule is CCC(CCCSc1ccccc1[N+](=O)[O-])NC. The molecule has 1 aromatic rings. The predicted molar refractivity (Wildman–Crippen MR) is 76.2 cm³/mol. The molecular formula is C13H20N2O2S. The summed E-state index contributed by atoms with van der Waals surface area (Å²) in [4.78, 5) is 11.3. The Hall–Kier alpha value is -1.07. The van der Waals surface area contributed by atoms with Crippen LogP contribution in [0.1, 0.15) is 26.2 Å². The Labute approximate surface area is 112 Å². The van der Waals surface area contributed by atoms with Gasteiger partial charge in [-0.25, -0.2) is 0 Å². The highest BCUT2D eigenvalue weighted by atomic mass is 32.2. The molecule has 0 fully saturated rings. The molecule has 0 aliphatic rings. The summed E-state index contributed by atoms with van der Waals surface area (Å²) in [6.45, 7) is 2.16. The Morgan fingerprint density at radius 1 is 1.44 bits per heavy atom. The number of nitro benzene ring substituents is 1. The number of benzene rings is 1. The first-order chi connectivity index (χ1) is 8.69. The summed E-state index contributed by atoms with van der Waals surface area (Å²) in [5.41, 5.74) is 0.211. The Morgan fingerprint density at radius 3 is 2.78 bits per heavy atom. The molecule has 1 aromatic carbocycles. The topological polar surface area (TPSA) is 55.2 Å². The van der Waals surface area contributed by atoms with Crippen LogP contribution in [0.2, 0.25) is 0 Å². The van der Waals surface area contributed by atoms with Gasteiger partial charge in [0.25, 0.3) is 5.69 Å². The molecule has 1 atom stereocenters. The molecule has 0 aliphatic heterocycles. The van der Waals surface area contributed by atoms with E-state index >= 15 is 0 Å². The second-order valence-electron chi connectivity index (χ2n) is 4.11. The maximum Gasteiger partial charge on any atom is 0.282 e. The zero-order chi connectivity index (χ0) is 13.4. The normalized spacial score (nSPS) is 12.3. The lowest BCUT2D eigenvalue weighted by atomic mass is 10.1. The average molecular weight is 268 g/mol. The Balaban J connectivity index is 2.42. The zero-order valence-corrected chi connectivity index (χ0v) is 11.7. The van der Waals surface area contributed by atoms with Gasteiger partial charge in [-0.3, -0.25) is 10.1 Å². The van der Waals surface area contributed by atoms with E-state index in [1.165, 1.54) is 0 Å². The number of nitro groups is 1. The highest BCUT2D eigenvalue weighted by Gasteiger charge is 2.12. The van der Waals surface area contributed by atoms with Gasteiger partial charge in [0.2, 0.25) is 0 Å². The Morgan fingerprint density at radius 2 is 2.17 bits per heavy atom. The summed E-state index contributed by atoms with van der Waals surface area (Å²) in [6, 6.07) is 7.48. The van der Waals surface area contributed by atoms with E-state index in [2.05, 4.69) is 12.2 Å². The van der Waals surface area contributed by atoms with Crippen molar-refractivity contribution in [3.8, 4) is 0 Å². The third-order valence-electron chi connectivity index (χ3n) is 2.92. The van der Waals surface area contributed by atoms with Crippen LogP contribution < -0.4 is 5.32 Å². The van der Waals surface area contributed by atoms with Crippen molar-refractivity contribution < 1.29 is 4.92 Å². The molecule has 0 aliphatic carbocycles. The largest absolute Gasteiger partial charge is 0.317 e. The molecule has 0 saturated heterocycles. The molecule has 0 saturated carbocycles. The molecule has 0 aromatic heterocycles. The lowest BCUT2D eigenvalue weighted by molar-refractivity contribution is -0.387. The maximum atomic E-state index is 10.8. The van der Waals surface area contributed by atoms with Crippen LogP contribution in [0, 0.1) is 10.1 Å². The van der Waals surface area contributed by atoms with Crippen molar-refractivity contribution >= 4 is 17.4 Å². The van der Waals surface area contributed by atoms with Gasteiger partial charge < -0.3 is 5.32 Å². The number of thioether (sulfide) groups is 1. The second-order valence-corrected chi connectivity index (χ2v) is 5.25. The maximum absolute atomic E-state index is 10.8. The van der Waals surface area contributed by atoms with Crippen LogP contribution in [-0.4, -0.2) is 23.8 Å². The van der Waals surface area contributed by atoms with Gasteiger partial charge in [0.05, 0.1) is 9.82 Å². The number of hydrogen-bond donors (Lipinski definition) is 1. The number of para-hydroxylation sites is 1. The van der Waals surface area contributed by atoms with E-state index in [0.29, 0.717) is 6.04 Å². The molecule has 0 heterocycles. The first-order valence-electron chi connectivity index (χ1n) is 6.22. The van der Waals surface area contributed by atoms with Crippen LogP contribution in [-0.2, 0) is 0 Å². The lowest BCUT2D eigenvalue weighted by Crippen LogP contribution is -2.23. The van der Waals surface area contributed by atoms with Gasteiger partial charge >= 0.3 is 0 Å². The van der Waals surface area contributed by atoms with E-state index in [-0.39, 0.29) is 10.6 Å². The van der Waals surface area contributed by atoms with Crippen molar-refractivity contribution in [3.05, 3.63) is 34.4 Å². The van der Waals surface area contributed by atoms with Crippen molar-refractivity contribution in [2.24, 2.45) is 0 Å². The number of nitrogens with one attached hydrogen (secondary N) is 1. The van der Waals surface area contributed by atoms with Crippen molar-refractivity contribution in [2.45, 2.75) is 37.1 Å². The Kier molecular flexibility index (Phi) is 6.75. The first-order valence-corrected chi connectivity index (χ1v) is 7.21. The van der Waals surface area contributed by atoms with Crippen LogP contribution >= 0.6 is 11.8 Å². The molecule has 1 rings (SSSR count). The van der Waals surface area contributed by atoms with Gasteiger partial charge in [0.15, 0.2) is 0 Å². The smallest absolute Gasteiger partial charge is 0.282 e. The Bertz CT molecular complexity index is 381. The molecule has 18 heavy (non-hydrogen) atoms. The van der Waals surface area contributed by atoms with E-state index in [0.717, 1.165) is 29.9 Å². The first kappa shape index (κ1) is 15.0. The fourth-order valence-corrected chi connectivity index (χ4v) is 2.79. The highest BCUT2D eigenvalue weighted by Crippen LogP contribution is 2.29. The number of nitrogens with zero attached hydrogens (tertiary/aromatic N) is 1. The summed E-state index contributed by atoms with van der Waals surface area (Å²) < 4.78 is 0. The minimum atomic E-state index is -0.315. The van der Waals surface area contributed by atoms with E-state index in [9.17, 15) is 10.1 Å². The quantitative estimate of drug-likeness (QED) is 0.339. The fourth-order valence-electron chi connectivity index (χ4n) is 1.79. The molecule has 5 heteroatoms. The van der Waals surface area contributed by atoms with E-state index < -0.39 is 0 Å². The molecule has 0 spiro atoms. The van der Waals surface area contributed by atoms with E-state index in [1.54, 1.807) is 23.9 Å². The monoisotopic (exact) mass is 268 g/mol. The van der Waals surface area contributed by atoms with Gasteiger partial charge in [-0.15, -0.1) is 11.8 Å². The molecule has 0 bridgehead atoms. The molecule has 0 amide bonds. The van der Waals surface area contributed by atoms with E-state index in [4.69, 9.17) is 0 Å².